The lowest BCUT2D eigenvalue weighted by atomic mass is 10.0. The van der Waals surface area contributed by atoms with E-state index in [2.05, 4.69) is 4.90 Å². The molecule has 7 nitrogen and oxygen atoms in total. The van der Waals surface area contributed by atoms with E-state index in [0.29, 0.717) is 56.6 Å². The molecule has 0 saturated carbocycles. The highest BCUT2D eigenvalue weighted by atomic mass is 19.1. The van der Waals surface area contributed by atoms with Crippen LogP contribution in [0.5, 0.6) is 0 Å². The Hall–Kier alpha value is -3.82. The van der Waals surface area contributed by atoms with Gasteiger partial charge in [0.2, 0.25) is 5.95 Å². The first-order valence-electron chi connectivity index (χ1n) is 11.9. The maximum atomic E-state index is 14.2. The van der Waals surface area contributed by atoms with Crippen LogP contribution in [0.25, 0.3) is 0 Å². The number of hydrogen-bond donors (Lipinski definition) is 0. The van der Waals surface area contributed by atoms with Gasteiger partial charge in [0, 0.05) is 58.8 Å². The van der Waals surface area contributed by atoms with Crippen molar-refractivity contribution in [3.05, 3.63) is 76.7 Å². The van der Waals surface area contributed by atoms with Gasteiger partial charge in [-0.05, 0) is 24.3 Å². The summed E-state index contributed by atoms with van der Waals surface area (Å²) < 4.78 is 42.7. The molecule has 0 aliphatic carbocycles. The number of anilines is 3. The highest BCUT2D eigenvalue weighted by Gasteiger charge is 2.31. The third kappa shape index (κ3) is 4.43. The Morgan fingerprint density at radius 1 is 0.833 bits per heavy atom. The molecule has 188 valence electrons. The number of rotatable bonds is 4. The molecule has 2 aliphatic rings. The summed E-state index contributed by atoms with van der Waals surface area (Å²) in [5.41, 5.74) is 1.63. The van der Waals surface area contributed by atoms with Crippen LogP contribution in [0.3, 0.4) is 0 Å². The molecule has 5 rings (SSSR count). The lowest BCUT2D eigenvalue weighted by Crippen LogP contribution is -2.47. The number of halogens is 3. The fourth-order valence-electron chi connectivity index (χ4n) is 4.78. The largest absolute Gasteiger partial charge is 0.366 e. The first kappa shape index (κ1) is 23.9. The van der Waals surface area contributed by atoms with Crippen molar-refractivity contribution in [2.24, 2.45) is 0 Å². The van der Waals surface area contributed by atoms with E-state index in [9.17, 15) is 18.0 Å². The Morgan fingerprint density at radius 3 is 2.14 bits per heavy atom. The van der Waals surface area contributed by atoms with Crippen LogP contribution in [0.15, 0.2) is 42.5 Å². The summed E-state index contributed by atoms with van der Waals surface area (Å²) in [6.45, 7) is 3.00. The maximum absolute atomic E-state index is 14.2. The van der Waals surface area contributed by atoms with Crippen molar-refractivity contribution in [2.45, 2.75) is 13.0 Å². The number of carbonyl (C=O) groups is 1. The number of piperazine rings is 1. The molecule has 10 heteroatoms. The van der Waals surface area contributed by atoms with Gasteiger partial charge in [0.1, 0.15) is 28.8 Å². The third-order valence-corrected chi connectivity index (χ3v) is 6.67. The highest BCUT2D eigenvalue weighted by molar-refractivity contribution is 5.95. The second-order valence-electron chi connectivity index (χ2n) is 9.17. The third-order valence-electron chi connectivity index (χ3n) is 6.67. The van der Waals surface area contributed by atoms with Crippen molar-refractivity contribution in [1.82, 2.24) is 14.9 Å². The minimum absolute atomic E-state index is 0.163. The number of aromatic nitrogens is 2. The smallest absolute Gasteiger partial charge is 0.260 e. The van der Waals surface area contributed by atoms with Crippen molar-refractivity contribution < 1.29 is 18.0 Å². The molecule has 1 amide bonds. The first-order valence-corrected chi connectivity index (χ1v) is 11.9. The first-order chi connectivity index (χ1) is 17.3. The van der Waals surface area contributed by atoms with E-state index >= 15 is 0 Å². The van der Waals surface area contributed by atoms with Gasteiger partial charge >= 0.3 is 0 Å². The Morgan fingerprint density at radius 2 is 1.47 bits per heavy atom. The van der Waals surface area contributed by atoms with Crippen LogP contribution < -0.4 is 14.7 Å². The minimum atomic E-state index is -0.875. The van der Waals surface area contributed by atoms with Gasteiger partial charge in [-0.2, -0.15) is 4.98 Å². The van der Waals surface area contributed by atoms with E-state index in [1.807, 2.05) is 30.0 Å². The molecule has 1 fully saturated rings. The summed E-state index contributed by atoms with van der Waals surface area (Å²) in [5.74, 6) is -1.42. The van der Waals surface area contributed by atoms with Gasteiger partial charge in [-0.1, -0.05) is 18.2 Å². The average Bonchev–Trinajstić information content (AvgIpc) is 2.88. The normalized spacial score (nSPS) is 15.6. The molecule has 1 aromatic heterocycles. The summed E-state index contributed by atoms with van der Waals surface area (Å²) in [6, 6.07) is 10.2. The Bertz CT molecular complexity index is 1270. The lowest BCUT2D eigenvalue weighted by Gasteiger charge is -2.37. The molecule has 0 atom stereocenters. The predicted octanol–water partition coefficient (Wildman–Crippen LogP) is 3.49. The second-order valence-corrected chi connectivity index (χ2v) is 9.17. The molecule has 3 aromatic rings. The Labute approximate surface area is 207 Å². The minimum Gasteiger partial charge on any atom is -0.366 e. The van der Waals surface area contributed by atoms with Crippen LogP contribution in [0.4, 0.5) is 30.6 Å². The summed E-state index contributed by atoms with van der Waals surface area (Å²) in [5, 5.41) is 0. The van der Waals surface area contributed by atoms with Crippen molar-refractivity contribution in [2.75, 3.05) is 61.5 Å². The number of amides is 1. The summed E-state index contributed by atoms with van der Waals surface area (Å²) in [6.07, 6.45) is 0.447. The van der Waals surface area contributed by atoms with Crippen LogP contribution in [0.1, 0.15) is 21.6 Å². The van der Waals surface area contributed by atoms with Crippen LogP contribution in [0.2, 0.25) is 0 Å². The van der Waals surface area contributed by atoms with Gasteiger partial charge in [-0.3, -0.25) is 4.79 Å². The number of fused-ring (bicyclic) bond motifs is 1. The molecule has 2 aliphatic heterocycles. The maximum Gasteiger partial charge on any atom is 0.260 e. The second kappa shape index (κ2) is 9.67. The molecule has 1 saturated heterocycles. The Balaban J connectivity index is 1.37. The molecule has 0 bridgehead atoms. The van der Waals surface area contributed by atoms with Gasteiger partial charge in [0.05, 0.1) is 17.9 Å². The SMILES string of the molecule is CN(C)c1nc(N2CCN(c3ccccc3F)CC2)nc2c1CN(C(=O)c1c(F)cccc1F)CC2. The molecule has 0 unspecified atom stereocenters. The Kier molecular flexibility index (Phi) is 6.42. The van der Waals surface area contributed by atoms with E-state index in [1.54, 1.807) is 12.1 Å². The topological polar surface area (TPSA) is 55.8 Å². The van der Waals surface area contributed by atoms with Gasteiger partial charge in [-0.15, -0.1) is 0 Å². The van der Waals surface area contributed by atoms with E-state index < -0.39 is 23.1 Å². The van der Waals surface area contributed by atoms with Gasteiger partial charge < -0.3 is 19.6 Å². The standard InChI is InChI=1S/C26H27F3N6O/c1-32(2)24-17-16-35(25(36)23-19(28)7-5-8-20(23)29)11-10-21(17)30-26(31-24)34-14-12-33(13-15-34)22-9-4-3-6-18(22)27/h3-9H,10-16H2,1-2H3. The van der Waals surface area contributed by atoms with Crippen molar-refractivity contribution in [1.29, 1.82) is 0 Å². The number of para-hydroxylation sites is 1. The van der Waals surface area contributed by atoms with E-state index in [-0.39, 0.29) is 12.4 Å². The van der Waals surface area contributed by atoms with Crippen molar-refractivity contribution in [3.8, 4) is 0 Å². The van der Waals surface area contributed by atoms with Crippen LogP contribution >= 0.6 is 0 Å². The summed E-state index contributed by atoms with van der Waals surface area (Å²) in [7, 11) is 3.72. The predicted molar refractivity (Wildman–Crippen MR) is 132 cm³/mol. The molecule has 0 radical (unpaired) electrons. The number of hydrogen-bond acceptors (Lipinski definition) is 6. The lowest BCUT2D eigenvalue weighted by molar-refractivity contribution is 0.0723. The fraction of sp³-hybridized carbons (Fsp3) is 0.346. The molecule has 0 spiro atoms. The van der Waals surface area contributed by atoms with Crippen molar-refractivity contribution in [3.63, 3.8) is 0 Å². The number of benzene rings is 2. The zero-order valence-electron chi connectivity index (χ0n) is 20.2. The van der Waals surface area contributed by atoms with Gasteiger partial charge in [0.15, 0.2) is 0 Å². The van der Waals surface area contributed by atoms with Crippen LogP contribution in [-0.2, 0) is 13.0 Å². The average molecular weight is 497 g/mol. The zero-order chi connectivity index (χ0) is 25.4. The molecule has 0 N–H and O–H groups in total. The molecule has 36 heavy (non-hydrogen) atoms. The van der Waals surface area contributed by atoms with E-state index in [1.165, 1.54) is 17.0 Å². The quantitative estimate of drug-likeness (QED) is 0.552. The van der Waals surface area contributed by atoms with Crippen LogP contribution in [0, 0.1) is 17.5 Å². The highest BCUT2D eigenvalue weighted by Crippen LogP contribution is 2.30. The molecule has 3 heterocycles. The molecule has 2 aromatic carbocycles. The number of nitrogens with zero attached hydrogens (tertiary/aromatic N) is 6. The van der Waals surface area contributed by atoms with Crippen molar-refractivity contribution >= 4 is 23.4 Å². The number of carbonyl (C=O) groups excluding carboxylic acids is 1. The summed E-state index contributed by atoms with van der Waals surface area (Å²) in [4.78, 5) is 30.0. The van der Waals surface area contributed by atoms with Crippen LogP contribution in [-0.4, -0.2) is 67.6 Å². The zero-order valence-corrected chi connectivity index (χ0v) is 20.2. The monoisotopic (exact) mass is 496 g/mol. The van der Waals surface area contributed by atoms with Gasteiger partial charge in [-0.25, -0.2) is 18.2 Å². The fourth-order valence-corrected chi connectivity index (χ4v) is 4.78. The van der Waals surface area contributed by atoms with Gasteiger partial charge in [0.25, 0.3) is 5.91 Å². The molecular weight excluding hydrogens is 469 g/mol. The molecular formula is C26H27F3N6O. The summed E-state index contributed by atoms with van der Waals surface area (Å²) >= 11 is 0. The van der Waals surface area contributed by atoms with E-state index in [4.69, 9.17) is 9.97 Å². The van der Waals surface area contributed by atoms with E-state index in [0.717, 1.165) is 23.4 Å².